The van der Waals surface area contributed by atoms with Gasteiger partial charge in [-0.25, -0.2) is 0 Å². The van der Waals surface area contributed by atoms with Crippen molar-refractivity contribution in [3.8, 4) is 24.1 Å². The molecule has 0 aromatic rings. The molecule has 0 atom stereocenters. The Morgan fingerprint density at radius 1 is 0.800 bits per heavy atom. The van der Waals surface area contributed by atoms with Crippen molar-refractivity contribution in [3.63, 3.8) is 0 Å². The minimum absolute atomic E-state index is 0.316. The quantitative estimate of drug-likeness (QED) is 0.530. The smallest absolute Gasteiger partial charge is 0.462 e. The van der Waals surface area contributed by atoms with Crippen LogP contribution in [0.25, 0.3) is 0 Å². The fourth-order valence-corrected chi connectivity index (χ4v) is 1.21. The lowest BCUT2D eigenvalue weighted by atomic mass is 10.2. The van der Waals surface area contributed by atoms with E-state index in [1.54, 1.807) is 0 Å². The SMILES string of the molecule is CC(C)C#CO[Si](C)(C)OC#CC(C)C. The van der Waals surface area contributed by atoms with Gasteiger partial charge in [0.2, 0.25) is 0 Å². The van der Waals surface area contributed by atoms with Crippen molar-refractivity contribution in [2.24, 2.45) is 11.8 Å². The molecule has 0 unspecified atom stereocenters. The lowest BCUT2D eigenvalue weighted by molar-refractivity contribution is 0.353. The summed E-state index contributed by atoms with van der Waals surface area (Å²) in [5.41, 5.74) is 0. The monoisotopic (exact) mass is 224 g/mol. The third-order valence-corrected chi connectivity index (χ3v) is 2.48. The van der Waals surface area contributed by atoms with E-state index in [4.69, 9.17) is 8.85 Å². The number of hydrogen-bond acceptors (Lipinski definition) is 2. The Labute approximate surface area is 94.6 Å². The van der Waals surface area contributed by atoms with Gasteiger partial charge in [-0.15, -0.1) is 0 Å². The predicted octanol–water partition coefficient (Wildman–Crippen LogP) is 2.96. The predicted molar refractivity (Wildman–Crippen MR) is 64.9 cm³/mol. The van der Waals surface area contributed by atoms with Gasteiger partial charge in [-0.1, -0.05) is 39.5 Å². The zero-order valence-electron chi connectivity index (χ0n) is 10.5. The fraction of sp³-hybridized carbons (Fsp3) is 0.667. The molecule has 0 radical (unpaired) electrons. The van der Waals surface area contributed by atoms with Crippen molar-refractivity contribution < 1.29 is 8.85 Å². The van der Waals surface area contributed by atoms with E-state index >= 15 is 0 Å². The maximum absolute atomic E-state index is 5.38. The second-order valence-electron chi connectivity index (χ2n) is 4.41. The molecule has 15 heavy (non-hydrogen) atoms. The summed E-state index contributed by atoms with van der Waals surface area (Å²) in [6.07, 6.45) is 5.36. The van der Waals surface area contributed by atoms with Crippen LogP contribution < -0.4 is 0 Å². The molecular formula is C12H20O2Si. The van der Waals surface area contributed by atoms with E-state index in [0.29, 0.717) is 11.8 Å². The van der Waals surface area contributed by atoms with Gasteiger partial charge in [0, 0.05) is 24.9 Å². The molecule has 0 aliphatic heterocycles. The van der Waals surface area contributed by atoms with Crippen molar-refractivity contribution in [1.29, 1.82) is 0 Å². The molecule has 0 heterocycles. The molecule has 0 N–H and O–H groups in total. The van der Waals surface area contributed by atoms with Gasteiger partial charge >= 0.3 is 8.56 Å². The summed E-state index contributed by atoms with van der Waals surface area (Å²) < 4.78 is 10.8. The molecule has 0 spiro atoms. The first-order valence-corrected chi connectivity index (χ1v) is 8.02. The first kappa shape index (κ1) is 13.9. The van der Waals surface area contributed by atoms with Crippen LogP contribution in [0.5, 0.6) is 0 Å². The van der Waals surface area contributed by atoms with Gasteiger partial charge < -0.3 is 8.85 Å². The molecule has 0 bridgehead atoms. The van der Waals surface area contributed by atoms with Crippen LogP contribution in [-0.4, -0.2) is 8.56 Å². The molecule has 0 rings (SSSR count). The van der Waals surface area contributed by atoms with Crippen LogP contribution in [0.15, 0.2) is 0 Å². The molecule has 0 saturated heterocycles. The van der Waals surface area contributed by atoms with Crippen molar-refractivity contribution in [2.45, 2.75) is 40.8 Å². The maximum Gasteiger partial charge on any atom is 0.471 e. The van der Waals surface area contributed by atoms with E-state index in [0.717, 1.165) is 0 Å². The van der Waals surface area contributed by atoms with Crippen LogP contribution in [0, 0.1) is 35.9 Å². The van der Waals surface area contributed by atoms with E-state index in [1.165, 1.54) is 0 Å². The van der Waals surface area contributed by atoms with Crippen LogP contribution in [-0.2, 0) is 8.85 Å². The van der Waals surface area contributed by atoms with E-state index in [9.17, 15) is 0 Å². The highest BCUT2D eigenvalue weighted by Crippen LogP contribution is 2.04. The largest absolute Gasteiger partial charge is 0.471 e. The molecule has 0 aromatic heterocycles. The fourth-order valence-electron chi connectivity index (χ4n) is 0.561. The normalized spacial score (nSPS) is 10.1. The van der Waals surface area contributed by atoms with E-state index < -0.39 is 8.56 Å². The molecular weight excluding hydrogens is 204 g/mol. The Morgan fingerprint density at radius 3 is 1.40 bits per heavy atom. The molecule has 0 amide bonds. The van der Waals surface area contributed by atoms with Crippen molar-refractivity contribution in [3.05, 3.63) is 0 Å². The Bertz CT molecular complexity index is 267. The van der Waals surface area contributed by atoms with Gasteiger partial charge in [0.05, 0.1) is 12.2 Å². The Kier molecular flexibility index (Phi) is 5.97. The summed E-state index contributed by atoms with van der Waals surface area (Å²) >= 11 is 0. The van der Waals surface area contributed by atoms with Crippen LogP contribution in [0.2, 0.25) is 13.1 Å². The van der Waals surface area contributed by atoms with Gasteiger partial charge in [-0.05, 0) is 0 Å². The van der Waals surface area contributed by atoms with E-state index in [2.05, 4.69) is 24.1 Å². The zero-order valence-corrected chi connectivity index (χ0v) is 11.5. The average molecular weight is 224 g/mol. The molecule has 0 saturated carbocycles. The van der Waals surface area contributed by atoms with Crippen molar-refractivity contribution >= 4 is 8.56 Å². The Morgan fingerprint density at radius 2 is 1.13 bits per heavy atom. The third-order valence-electron chi connectivity index (χ3n) is 1.29. The summed E-state index contributed by atoms with van der Waals surface area (Å²) in [6.45, 7) is 11.9. The van der Waals surface area contributed by atoms with Crippen LogP contribution in [0.3, 0.4) is 0 Å². The Balaban J connectivity index is 4.11. The summed E-state index contributed by atoms with van der Waals surface area (Å²) in [5.74, 6) is 6.50. The highest BCUT2D eigenvalue weighted by molar-refractivity contribution is 6.65. The van der Waals surface area contributed by atoms with Gasteiger partial charge in [-0.3, -0.25) is 0 Å². The molecule has 0 aliphatic carbocycles. The number of hydrogen-bond donors (Lipinski definition) is 0. The first-order chi connectivity index (χ1) is 6.83. The number of rotatable bonds is 2. The third kappa shape index (κ3) is 9.25. The van der Waals surface area contributed by atoms with E-state index in [1.807, 2.05) is 40.8 Å². The average Bonchev–Trinajstić information content (AvgIpc) is 2.01. The Hall–Kier alpha value is -1.06. The van der Waals surface area contributed by atoms with Gasteiger partial charge in [-0.2, -0.15) is 0 Å². The molecule has 84 valence electrons. The lowest BCUT2D eigenvalue weighted by Crippen LogP contribution is -2.31. The highest BCUT2D eigenvalue weighted by atomic mass is 28.4. The van der Waals surface area contributed by atoms with Crippen LogP contribution in [0.4, 0.5) is 0 Å². The van der Waals surface area contributed by atoms with Crippen LogP contribution >= 0.6 is 0 Å². The second kappa shape index (κ2) is 6.43. The first-order valence-electron chi connectivity index (χ1n) is 5.20. The topological polar surface area (TPSA) is 18.5 Å². The molecule has 3 heteroatoms. The van der Waals surface area contributed by atoms with Gasteiger partial charge in [0.1, 0.15) is 0 Å². The summed E-state index contributed by atoms with van der Waals surface area (Å²) in [7, 11) is -2.18. The van der Waals surface area contributed by atoms with Crippen molar-refractivity contribution in [2.75, 3.05) is 0 Å². The summed E-state index contributed by atoms with van der Waals surface area (Å²) in [5, 5.41) is 0. The van der Waals surface area contributed by atoms with Crippen molar-refractivity contribution in [1.82, 2.24) is 0 Å². The lowest BCUT2D eigenvalue weighted by Gasteiger charge is -2.15. The summed E-state index contributed by atoms with van der Waals surface area (Å²) in [6, 6.07) is 0. The molecule has 0 aliphatic rings. The minimum atomic E-state index is -2.18. The summed E-state index contributed by atoms with van der Waals surface area (Å²) in [4.78, 5) is 0. The minimum Gasteiger partial charge on any atom is -0.462 e. The molecule has 0 fully saturated rings. The van der Waals surface area contributed by atoms with E-state index in [-0.39, 0.29) is 0 Å². The molecule has 2 nitrogen and oxygen atoms in total. The standard InChI is InChI=1S/C12H20O2Si/c1-11(2)7-9-13-15(5,6)14-10-8-12(3)4/h11-12H,1-6H3. The van der Waals surface area contributed by atoms with Gasteiger partial charge in [0.15, 0.2) is 0 Å². The van der Waals surface area contributed by atoms with Crippen LogP contribution in [0.1, 0.15) is 27.7 Å². The highest BCUT2D eigenvalue weighted by Gasteiger charge is 2.26. The van der Waals surface area contributed by atoms with Gasteiger partial charge in [0.25, 0.3) is 0 Å². The molecule has 0 aromatic carbocycles. The zero-order chi connectivity index (χ0) is 11.9. The maximum atomic E-state index is 5.38. The second-order valence-corrected chi connectivity index (χ2v) is 7.61.